The molecule has 0 aliphatic heterocycles. The first-order valence-electron chi connectivity index (χ1n) is 7.31. The van der Waals surface area contributed by atoms with Gasteiger partial charge in [-0.15, -0.1) is 0 Å². The Morgan fingerprint density at radius 3 is 2.45 bits per heavy atom. The molecule has 0 saturated heterocycles. The van der Waals surface area contributed by atoms with Crippen LogP contribution in [0.2, 0.25) is 0 Å². The number of nitrogens with zero attached hydrogens (tertiary/aromatic N) is 3. The van der Waals surface area contributed by atoms with Gasteiger partial charge in [-0.3, -0.25) is 0 Å². The molecule has 0 amide bonds. The van der Waals surface area contributed by atoms with Gasteiger partial charge >= 0.3 is 0 Å². The van der Waals surface area contributed by atoms with E-state index in [0.717, 1.165) is 16.4 Å². The Bertz CT molecular complexity index is 569. The van der Waals surface area contributed by atoms with Crippen LogP contribution in [-0.2, 0) is 0 Å². The molecule has 2 N–H and O–H groups in total. The smallest absolute Gasteiger partial charge is 0.270 e. The van der Waals surface area contributed by atoms with Crippen molar-refractivity contribution in [2.24, 2.45) is 0 Å². The molecule has 0 aromatic carbocycles. The molecule has 1 saturated carbocycles. The van der Waals surface area contributed by atoms with Gasteiger partial charge in [0.05, 0.1) is 5.69 Å². The van der Waals surface area contributed by atoms with Gasteiger partial charge in [-0.05, 0) is 19.8 Å². The summed E-state index contributed by atoms with van der Waals surface area (Å²) in [7, 11) is 0. The molecule has 2 aromatic rings. The summed E-state index contributed by atoms with van der Waals surface area (Å²) in [6.45, 7) is 1.92. The minimum Gasteiger partial charge on any atom is -0.375 e. The minimum atomic E-state index is 0.443. The van der Waals surface area contributed by atoms with Crippen LogP contribution in [-0.4, -0.2) is 15.1 Å². The maximum absolute atomic E-state index is 5.72. The summed E-state index contributed by atoms with van der Waals surface area (Å²) in [6.07, 6.45) is 8.88. The second-order valence-corrected chi connectivity index (χ2v) is 6.50. The lowest BCUT2D eigenvalue weighted by Gasteiger charge is -2.15. The Morgan fingerprint density at radius 2 is 1.80 bits per heavy atom. The molecule has 5 nitrogen and oxygen atoms in total. The summed E-state index contributed by atoms with van der Waals surface area (Å²) in [5.74, 6) is 1.86. The molecule has 1 fully saturated rings. The van der Waals surface area contributed by atoms with Gasteiger partial charge in [0.25, 0.3) is 5.89 Å². The summed E-state index contributed by atoms with van der Waals surface area (Å²) in [5.41, 5.74) is 6.58. The van der Waals surface area contributed by atoms with Gasteiger partial charge in [-0.2, -0.15) is 4.98 Å². The Balaban J connectivity index is 1.80. The van der Waals surface area contributed by atoms with E-state index < -0.39 is 0 Å². The fraction of sp³-hybridized carbons (Fsp3) is 0.643. The third kappa shape index (κ3) is 2.85. The SMILES string of the molecule is Cc1nc(N)sc1-c1nc(C2CCCCCCC2)no1. The Kier molecular flexibility index (Phi) is 4.00. The maximum Gasteiger partial charge on any atom is 0.270 e. The molecule has 20 heavy (non-hydrogen) atoms. The number of anilines is 1. The van der Waals surface area contributed by atoms with Gasteiger partial charge < -0.3 is 10.3 Å². The van der Waals surface area contributed by atoms with Crippen LogP contribution in [0.1, 0.15) is 62.4 Å². The second-order valence-electron chi connectivity index (χ2n) is 5.47. The first kappa shape index (κ1) is 13.5. The normalized spacial score (nSPS) is 17.9. The molecule has 108 valence electrons. The zero-order valence-electron chi connectivity index (χ0n) is 11.8. The fourth-order valence-corrected chi connectivity index (χ4v) is 3.58. The molecule has 1 aliphatic rings. The summed E-state index contributed by atoms with van der Waals surface area (Å²) in [6, 6.07) is 0. The highest BCUT2D eigenvalue weighted by molar-refractivity contribution is 7.18. The number of rotatable bonds is 2. The van der Waals surface area contributed by atoms with Crippen molar-refractivity contribution in [2.45, 2.75) is 57.8 Å². The first-order valence-corrected chi connectivity index (χ1v) is 8.12. The minimum absolute atomic E-state index is 0.443. The van der Waals surface area contributed by atoms with Crippen LogP contribution in [0, 0.1) is 6.92 Å². The van der Waals surface area contributed by atoms with Crippen molar-refractivity contribution in [1.29, 1.82) is 0 Å². The quantitative estimate of drug-likeness (QED) is 0.907. The van der Waals surface area contributed by atoms with Crippen molar-refractivity contribution in [2.75, 3.05) is 5.73 Å². The van der Waals surface area contributed by atoms with Crippen LogP contribution in [0.15, 0.2) is 4.52 Å². The van der Waals surface area contributed by atoms with Crippen LogP contribution in [0.3, 0.4) is 0 Å². The number of aromatic nitrogens is 3. The highest BCUT2D eigenvalue weighted by Gasteiger charge is 2.21. The van der Waals surface area contributed by atoms with Crippen molar-refractivity contribution >= 4 is 16.5 Å². The lowest BCUT2D eigenvalue weighted by atomic mass is 9.91. The predicted octanol–water partition coefficient (Wildman–Crippen LogP) is 3.91. The van der Waals surface area contributed by atoms with Crippen LogP contribution in [0.25, 0.3) is 10.8 Å². The number of nitrogen functional groups attached to an aromatic ring is 1. The van der Waals surface area contributed by atoms with Crippen molar-refractivity contribution in [3.8, 4) is 10.8 Å². The molecule has 0 radical (unpaired) electrons. The molecule has 0 bridgehead atoms. The third-order valence-electron chi connectivity index (χ3n) is 3.92. The van der Waals surface area contributed by atoms with Crippen LogP contribution in [0.5, 0.6) is 0 Å². The van der Waals surface area contributed by atoms with Gasteiger partial charge in [0, 0.05) is 5.92 Å². The lowest BCUT2D eigenvalue weighted by molar-refractivity contribution is 0.393. The van der Waals surface area contributed by atoms with Gasteiger partial charge in [0.1, 0.15) is 4.88 Å². The van der Waals surface area contributed by atoms with Gasteiger partial charge in [-0.25, -0.2) is 4.98 Å². The highest BCUT2D eigenvalue weighted by atomic mass is 32.1. The average Bonchev–Trinajstić information content (AvgIpc) is 2.95. The fourth-order valence-electron chi connectivity index (χ4n) is 2.82. The molecule has 2 heterocycles. The zero-order valence-corrected chi connectivity index (χ0v) is 12.6. The topological polar surface area (TPSA) is 77.8 Å². The molecule has 6 heteroatoms. The van der Waals surface area contributed by atoms with E-state index >= 15 is 0 Å². The molecule has 3 rings (SSSR count). The molecule has 2 aromatic heterocycles. The van der Waals surface area contributed by atoms with Crippen molar-refractivity contribution < 1.29 is 4.52 Å². The Morgan fingerprint density at radius 1 is 1.10 bits per heavy atom. The van der Waals surface area contributed by atoms with Gasteiger partial charge in [-0.1, -0.05) is 48.6 Å². The number of hydrogen-bond donors (Lipinski definition) is 1. The number of nitrogens with two attached hydrogens (primary N) is 1. The molecular formula is C14H20N4OS. The highest BCUT2D eigenvalue weighted by Crippen LogP contribution is 2.33. The summed E-state index contributed by atoms with van der Waals surface area (Å²) in [5, 5.41) is 4.74. The maximum atomic E-state index is 5.72. The van der Waals surface area contributed by atoms with Gasteiger partial charge in [0.15, 0.2) is 11.0 Å². The van der Waals surface area contributed by atoms with E-state index in [0.29, 0.717) is 16.9 Å². The van der Waals surface area contributed by atoms with Crippen LogP contribution in [0.4, 0.5) is 5.13 Å². The second kappa shape index (κ2) is 5.91. The number of aryl methyl sites for hydroxylation is 1. The zero-order chi connectivity index (χ0) is 13.9. The van der Waals surface area contributed by atoms with E-state index in [2.05, 4.69) is 15.1 Å². The number of hydrogen-bond acceptors (Lipinski definition) is 6. The third-order valence-corrected chi connectivity index (χ3v) is 4.89. The standard InChI is InChI=1S/C14H20N4OS/c1-9-11(20-14(15)16-9)13-17-12(18-19-13)10-7-5-3-2-4-6-8-10/h10H,2-8H2,1H3,(H2,15,16). The van der Waals surface area contributed by atoms with Crippen molar-refractivity contribution in [1.82, 2.24) is 15.1 Å². The van der Waals surface area contributed by atoms with E-state index in [-0.39, 0.29) is 0 Å². The van der Waals surface area contributed by atoms with Crippen molar-refractivity contribution in [3.63, 3.8) is 0 Å². The van der Waals surface area contributed by atoms with E-state index in [1.165, 1.54) is 56.3 Å². The molecule has 0 unspecified atom stereocenters. The summed E-state index contributed by atoms with van der Waals surface area (Å²) < 4.78 is 5.42. The Labute approximate surface area is 122 Å². The van der Waals surface area contributed by atoms with E-state index in [1.54, 1.807) is 0 Å². The lowest BCUT2D eigenvalue weighted by Crippen LogP contribution is -2.04. The van der Waals surface area contributed by atoms with E-state index in [4.69, 9.17) is 10.3 Å². The molecule has 0 spiro atoms. The molecule has 0 atom stereocenters. The van der Waals surface area contributed by atoms with Crippen LogP contribution >= 0.6 is 11.3 Å². The molecule has 1 aliphatic carbocycles. The molecular weight excluding hydrogens is 272 g/mol. The Hall–Kier alpha value is -1.43. The predicted molar refractivity (Wildman–Crippen MR) is 79.6 cm³/mol. The van der Waals surface area contributed by atoms with Crippen LogP contribution < -0.4 is 5.73 Å². The van der Waals surface area contributed by atoms with E-state index in [1.807, 2.05) is 6.92 Å². The van der Waals surface area contributed by atoms with Crippen molar-refractivity contribution in [3.05, 3.63) is 11.5 Å². The average molecular weight is 292 g/mol. The van der Waals surface area contributed by atoms with E-state index in [9.17, 15) is 0 Å². The first-order chi connectivity index (χ1) is 9.74. The largest absolute Gasteiger partial charge is 0.375 e. The summed E-state index contributed by atoms with van der Waals surface area (Å²) >= 11 is 1.41. The van der Waals surface area contributed by atoms with Gasteiger partial charge in [0.2, 0.25) is 0 Å². The summed E-state index contributed by atoms with van der Waals surface area (Å²) in [4.78, 5) is 9.69. The number of thiazole rings is 1. The monoisotopic (exact) mass is 292 g/mol.